The number of fused-ring (bicyclic) bond motifs is 1. The first-order valence-corrected chi connectivity index (χ1v) is 7.75. The lowest BCUT2D eigenvalue weighted by Crippen LogP contribution is -2.35. The van der Waals surface area contributed by atoms with Crippen LogP contribution < -0.4 is 10.4 Å². The topological polar surface area (TPSA) is 109 Å². The Morgan fingerprint density at radius 2 is 1.84 bits per heavy atom. The van der Waals surface area contributed by atoms with Crippen LogP contribution in [0.25, 0.3) is 11.4 Å². The molecule has 9 heteroatoms. The van der Waals surface area contributed by atoms with Crippen molar-refractivity contribution in [2.75, 3.05) is 11.4 Å². The maximum Gasteiger partial charge on any atom is 0.277 e. The fourth-order valence-corrected chi connectivity index (χ4v) is 2.80. The van der Waals surface area contributed by atoms with E-state index in [1.165, 1.54) is 12.4 Å². The Morgan fingerprint density at radius 3 is 2.56 bits per heavy atom. The highest BCUT2D eigenvalue weighted by atomic mass is 16.5. The van der Waals surface area contributed by atoms with E-state index in [0.717, 1.165) is 23.8 Å². The maximum absolute atomic E-state index is 11.3. The largest absolute Gasteiger partial charge is 0.331 e. The van der Waals surface area contributed by atoms with Crippen LogP contribution in [0.3, 0.4) is 0 Å². The van der Waals surface area contributed by atoms with Crippen LogP contribution >= 0.6 is 0 Å². The zero-order valence-electron chi connectivity index (χ0n) is 13.2. The van der Waals surface area contributed by atoms with E-state index >= 15 is 0 Å². The third kappa shape index (κ3) is 2.81. The molecule has 1 aliphatic heterocycles. The second-order valence-corrected chi connectivity index (χ2v) is 5.59. The predicted molar refractivity (Wildman–Crippen MR) is 87.8 cm³/mol. The molecule has 126 valence electrons. The van der Waals surface area contributed by atoms with Gasteiger partial charge in [-0.2, -0.15) is 0 Å². The molecule has 0 fully saturated rings. The minimum atomic E-state index is -0.641. The summed E-state index contributed by atoms with van der Waals surface area (Å²) in [6, 6.07) is 9.94. The number of nitrogens with zero attached hydrogens (tertiary/aromatic N) is 6. The van der Waals surface area contributed by atoms with Gasteiger partial charge in [0.05, 0.1) is 12.1 Å². The van der Waals surface area contributed by atoms with Crippen molar-refractivity contribution in [2.45, 2.75) is 13.1 Å². The van der Waals surface area contributed by atoms with Gasteiger partial charge in [0.15, 0.2) is 11.6 Å². The Labute approximate surface area is 142 Å². The predicted octanol–water partition coefficient (Wildman–Crippen LogP) is 0.874. The van der Waals surface area contributed by atoms with E-state index < -0.39 is 5.91 Å². The van der Waals surface area contributed by atoms with E-state index in [1.807, 2.05) is 35.2 Å². The Bertz CT molecular complexity index is 893. The van der Waals surface area contributed by atoms with Crippen molar-refractivity contribution >= 4 is 11.9 Å². The molecule has 25 heavy (non-hydrogen) atoms. The zero-order chi connectivity index (χ0) is 17.2. The van der Waals surface area contributed by atoms with Gasteiger partial charge >= 0.3 is 0 Å². The van der Waals surface area contributed by atoms with Crippen LogP contribution in [0.5, 0.6) is 0 Å². The first kappa shape index (κ1) is 15.2. The Morgan fingerprint density at radius 1 is 1.08 bits per heavy atom. The molecule has 0 radical (unpaired) electrons. The first-order chi connectivity index (χ1) is 12.3. The average molecular weight is 337 g/mol. The molecule has 2 N–H and O–H groups in total. The van der Waals surface area contributed by atoms with Gasteiger partial charge in [-0.15, -0.1) is 10.2 Å². The van der Waals surface area contributed by atoms with Gasteiger partial charge in [0, 0.05) is 31.0 Å². The summed E-state index contributed by atoms with van der Waals surface area (Å²) in [5.74, 6) is 1.56. The third-order valence-corrected chi connectivity index (χ3v) is 4.07. The van der Waals surface area contributed by atoms with Crippen LogP contribution in [0, 0.1) is 0 Å². The van der Waals surface area contributed by atoms with Gasteiger partial charge in [0.25, 0.3) is 5.91 Å². The molecule has 1 aliphatic rings. The maximum atomic E-state index is 11.3. The lowest BCUT2D eigenvalue weighted by Gasteiger charge is -2.27. The molecule has 1 aromatic carbocycles. The minimum absolute atomic E-state index is 0.192. The number of hydrogen-bond donors (Lipinski definition) is 2. The number of amides is 1. The van der Waals surface area contributed by atoms with Crippen molar-refractivity contribution < 1.29 is 10.0 Å². The number of carbonyl (C=O) groups excluding carboxylic acids is 1. The Balaban J connectivity index is 1.56. The van der Waals surface area contributed by atoms with E-state index in [1.54, 1.807) is 5.48 Å². The molecule has 0 spiro atoms. The molecule has 3 aromatic rings. The number of aromatic nitrogens is 5. The standard InChI is InChI=1S/C16H15N7O2/c24-15(21-25)12-8-17-16(18-9-12)22-6-7-23-13(10-22)19-20-14(23)11-4-2-1-3-5-11/h1-5,8-9,25H,6-7,10H2,(H,21,24). The molecule has 0 atom stereocenters. The van der Waals surface area contributed by atoms with Gasteiger partial charge in [-0.05, 0) is 0 Å². The molecule has 1 amide bonds. The van der Waals surface area contributed by atoms with Crippen LogP contribution in [-0.2, 0) is 13.1 Å². The summed E-state index contributed by atoms with van der Waals surface area (Å²) in [5.41, 5.74) is 2.78. The number of rotatable bonds is 3. The average Bonchev–Trinajstić information content (AvgIpc) is 3.11. The second-order valence-electron chi connectivity index (χ2n) is 5.59. The van der Waals surface area contributed by atoms with Crippen LogP contribution in [-0.4, -0.2) is 42.4 Å². The fraction of sp³-hybridized carbons (Fsp3) is 0.188. The van der Waals surface area contributed by atoms with Gasteiger partial charge in [-0.3, -0.25) is 10.0 Å². The lowest BCUT2D eigenvalue weighted by atomic mass is 10.2. The SMILES string of the molecule is O=C(NO)c1cnc(N2CCn3c(nnc3-c3ccccc3)C2)nc1. The molecule has 0 saturated carbocycles. The van der Waals surface area contributed by atoms with E-state index in [9.17, 15) is 4.79 Å². The first-order valence-electron chi connectivity index (χ1n) is 7.75. The summed E-state index contributed by atoms with van der Waals surface area (Å²) in [5, 5.41) is 17.2. The number of carbonyl (C=O) groups is 1. The van der Waals surface area contributed by atoms with Crippen molar-refractivity contribution in [3.63, 3.8) is 0 Å². The smallest absolute Gasteiger partial charge is 0.277 e. The molecular formula is C16H15N7O2. The molecule has 3 heterocycles. The summed E-state index contributed by atoms with van der Waals surface area (Å²) in [4.78, 5) is 21.7. The molecule has 9 nitrogen and oxygen atoms in total. The summed E-state index contributed by atoms with van der Waals surface area (Å²) >= 11 is 0. The highest BCUT2D eigenvalue weighted by molar-refractivity contribution is 5.92. The van der Waals surface area contributed by atoms with E-state index in [-0.39, 0.29) is 5.56 Å². The number of hydroxylamine groups is 1. The minimum Gasteiger partial charge on any atom is -0.331 e. The van der Waals surface area contributed by atoms with Gasteiger partial charge in [0.2, 0.25) is 5.95 Å². The summed E-state index contributed by atoms with van der Waals surface area (Å²) in [6.45, 7) is 1.95. The van der Waals surface area contributed by atoms with Crippen LogP contribution in [0.15, 0.2) is 42.7 Å². The van der Waals surface area contributed by atoms with Crippen LogP contribution in [0.1, 0.15) is 16.2 Å². The molecule has 0 saturated heterocycles. The highest BCUT2D eigenvalue weighted by Crippen LogP contribution is 2.23. The van der Waals surface area contributed by atoms with Gasteiger partial charge in [0.1, 0.15) is 0 Å². The summed E-state index contributed by atoms with van der Waals surface area (Å²) in [7, 11) is 0. The normalized spacial score (nSPS) is 13.4. The van der Waals surface area contributed by atoms with Gasteiger partial charge in [-0.1, -0.05) is 30.3 Å². The molecule has 0 bridgehead atoms. The van der Waals surface area contributed by atoms with E-state index in [4.69, 9.17) is 5.21 Å². The summed E-state index contributed by atoms with van der Waals surface area (Å²) < 4.78 is 2.10. The van der Waals surface area contributed by atoms with Crippen LogP contribution in [0.2, 0.25) is 0 Å². The monoisotopic (exact) mass is 337 g/mol. The van der Waals surface area contributed by atoms with Crippen molar-refractivity contribution in [3.8, 4) is 11.4 Å². The van der Waals surface area contributed by atoms with Gasteiger partial charge < -0.3 is 9.47 Å². The fourth-order valence-electron chi connectivity index (χ4n) is 2.80. The van der Waals surface area contributed by atoms with Crippen molar-refractivity contribution in [3.05, 3.63) is 54.1 Å². The number of nitrogens with one attached hydrogen (secondary N) is 1. The Hall–Kier alpha value is -3.33. The molecule has 0 unspecified atom stereocenters. The molecule has 2 aromatic heterocycles. The second kappa shape index (κ2) is 6.29. The summed E-state index contributed by atoms with van der Waals surface area (Å²) in [6.07, 6.45) is 2.76. The third-order valence-electron chi connectivity index (χ3n) is 4.07. The number of benzene rings is 1. The van der Waals surface area contributed by atoms with E-state index in [0.29, 0.717) is 19.0 Å². The molecule has 0 aliphatic carbocycles. The van der Waals surface area contributed by atoms with Crippen molar-refractivity contribution in [1.29, 1.82) is 0 Å². The molecule has 4 rings (SSSR count). The molecular weight excluding hydrogens is 322 g/mol. The Kier molecular flexibility index (Phi) is 3.82. The van der Waals surface area contributed by atoms with Crippen molar-refractivity contribution in [1.82, 2.24) is 30.2 Å². The van der Waals surface area contributed by atoms with Gasteiger partial charge in [-0.25, -0.2) is 15.4 Å². The highest BCUT2D eigenvalue weighted by Gasteiger charge is 2.23. The van der Waals surface area contributed by atoms with Crippen molar-refractivity contribution in [2.24, 2.45) is 0 Å². The number of hydrogen-bond acceptors (Lipinski definition) is 7. The number of anilines is 1. The zero-order valence-corrected chi connectivity index (χ0v) is 13.2. The quantitative estimate of drug-likeness (QED) is 0.539. The lowest BCUT2D eigenvalue weighted by molar-refractivity contribution is 0.0705. The van der Waals surface area contributed by atoms with E-state index in [2.05, 4.69) is 24.7 Å². The van der Waals surface area contributed by atoms with Crippen LogP contribution in [0.4, 0.5) is 5.95 Å².